The monoisotopic (exact) mass is 102 g/mol. The van der Waals surface area contributed by atoms with Crippen LogP contribution in [-0.4, -0.2) is 18.8 Å². The molecule has 0 amide bonds. The zero-order valence-corrected chi connectivity index (χ0v) is 4.48. The van der Waals surface area contributed by atoms with Crippen molar-refractivity contribution in [1.82, 2.24) is 0 Å². The van der Waals surface area contributed by atoms with Gasteiger partial charge in [-0.05, 0) is 0 Å². The van der Waals surface area contributed by atoms with Crippen molar-refractivity contribution < 1.29 is 9.84 Å². The summed E-state index contributed by atoms with van der Waals surface area (Å²) in [7, 11) is 1.59. The Morgan fingerprint density at radius 1 is 1.86 bits per heavy atom. The van der Waals surface area contributed by atoms with E-state index < -0.39 is 0 Å². The van der Waals surface area contributed by atoms with E-state index in [4.69, 9.17) is 5.11 Å². The Bertz CT molecular complexity index is 59.1. The van der Waals surface area contributed by atoms with Crippen LogP contribution in [0.3, 0.4) is 0 Å². The summed E-state index contributed by atoms with van der Waals surface area (Å²) >= 11 is 0. The van der Waals surface area contributed by atoms with Crippen LogP contribution in [0.2, 0.25) is 0 Å². The summed E-state index contributed by atoms with van der Waals surface area (Å²) in [6, 6.07) is 0. The second-order valence-electron chi connectivity index (χ2n) is 1.31. The first-order valence-electron chi connectivity index (χ1n) is 2.13. The Morgan fingerprint density at radius 3 is 2.57 bits per heavy atom. The van der Waals surface area contributed by atoms with E-state index in [1.165, 1.54) is 0 Å². The largest absolute Gasteiger partial charge is 0.513 e. The van der Waals surface area contributed by atoms with Gasteiger partial charge in [0.25, 0.3) is 0 Å². The van der Waals surface area contributed by atoms with Gasteiger partial charge in [0.05, 0.1) is 12.4 Å². The molecule has 0 aliphatic rings. The molecule has 0 aliphatic carbocycles. The maximum Gasteiger partial charge on any atom is 0.0874 e. The number of methoxy groups -OCH3 is 1. The molecule has 0 aromatic carbocycles. The lowest BCUT2D eigenvalue weighted by molar-refractivity contribution is 0.189. The summed E-state index contributed by atoms with van der Waals surface area (Å²) in [5.74, 6) is 0.182. The number of aliphatic hydroxyl groups excluding tert-OH is 1. The fourth-order valence-corrected chi connectivity index (χ4v) is 0.220. The molecule has 42 valence electrons. The molecule has 7 heavy (non-hydrogen) atoms. The Morgan fingerprint density at radius 2 is 2.43 bits per heavy atom. The SMILES string of the molecule is C=C(O)CCOC. The fraction of sp³-hybridized carbons (Fsp3) is 0.600. The van der Waals surface area contributed by atoms with E-state index in [0.29, 0.717) is 13.0 Å². The first-order valence-corrected chi connectivity index (χ1v) is 2.13. The average molecular weight is 102 g/mol. The maximum absolute atomic E-state index is 8.41. The minimum Gasteiger partial charge on any atom is -0.513 e. The molecule has 0 radical (unpaired) electrons. The zero-order valence-electron chi connectivity index (χ0n) is 4.48. The van der Waals surface area contributed by atoms with E-state index in [1.54, 1.807) is 7.11 Å². The van der Waals surface area contributed by atoms with Crippen molar-refractivity contribution in [2.75, 3.05) is 13.7 Å². The van der Waals surface area contributed by atoms with Gasteiger partial charge in [-0.15, -0.1) is 0 Å². The summed E-state index contributed by atoms with van der Waals surface area (Å²) in [4.78, 5) is 0. The van der Waals surface area contributed by atoms with E-state index >= 15 is 0 Å². The average Bonchev–Trinajstić information content (AvgIpc) is 1.61. The third-order valence-electron chi connectivity index (χ3n) is 0.595. The minimum atomic E-state index is 0.182. The van der Waals surface area contributed by atoms with Crippen molar-refractivity contribution in [1.29, 1.82) is 0 Å². The van der Waals surface area contributed by atoms with Crippen molar-refractivity contribution in [3.63, 3.8) is 0 Å². The van der Waals surface area contributed by atoms with E-state index in [1.807, 2.05) is 0 Å². The lowest BCUT2D eigenvalue weighted by Gasteiger charge is -1.93. The third-order valence-corrected chi connectivity index (χ3v) is 0.595. The van der Waals surface area contributed by atoms with Gasteiger partial charge >= 0.3 is 0 Å². The summed E-state index contributed by atoms with van der Waals surface area (Å²) in [5.41, 5.74) is 0. The summed E-state index contributed by atoms with van der Waals surface area (Å²) in [6.45, 7) is 3.82. The van der Waals surface area contributed by atoms with Crippen LogP contribution in [0, 0.1) is 0 Å². The van der Waals surface area contributed by atoms with Crippen LogP contribution in [0.1, 0.15) is 6.42 Å². The van der Waals surface area contributed by atoms with E-state index in [2.05, 4.69) is 11.3 Å². The standard InChI is InChI=1S/C5H10O2/c1-5(6)3-4-7-2/h6H,1,3-4H2,2H3. The van der Waals surface area contributed by atoms with E-state index in [-0.39, 0.29) is 5.76 Å². The molecular weight excluding hydrogens is 92.1 g/mol. The topological polar surface area (TPSA) is 29.5 Å². The Labute approximate surface area is 43.4 Å². The van der Waals surface area contributed by atoms with Crippen LogP contribution >= 0.6 is 0 Å². The van der Waals surface area contributed by atoms with Crippen molar-refractivity contribution in [2.24, 2.45) is 0 Å². The van der Waals surface area contributed by atoms with Gasteiger partial charge in [-0.25, -0.2) is 0 Å². The zero-order chi connectivity index (χ0) is 5.70. The van der Waals surface area contributed by atoms with E-state index in [0.717, 1.165) is 0 Å². The molecule has 0 atom stereocenters. The second kappa shape index (κ2) is 3.68. The van der Waals surface area contributed by atoms with Crippen LogP contribution in [0.4, 0.5) is 0 Å². The highest BCUT2D eigenvalue weighted by atomic mass is 16.5. The van der Waals surface area contributed by atoms with Gasteiger partial charge in [0.15, 0.2) is 0 Å². The molecule has 0 bridgehead atoms. The summed E-state index contributed by atoms with van der Waals surface area (Å²) < 4.78 is 4.63. The highest BCUT2D eigenvalue weighted by Crippen LogP contribution is 1.88. The second-order valence-corrected chi connectivity index (χ2v) is 1.31. The normalized spacial score (nSPS) is 8.71. The fourth-order valence-electron chi connectivity index (χ4n) is 0.220. The number of hydrogen-bond donors (Lipinski definition) is 1. The molecular formula is C5H10O2. The number of hydrogen-bond acceptors (Lipinski definition) is 2. The van der Waals surface area contributed by atoms with Gasteiger partial charge in [-0.2, -0.15) is 0 Å². The first kappa shape index (κ1) is 6.50. The predicted molar refractivity (Wildman–Crippen MR) is 28.3 cm³/mol. The van der Waals surface area contributed by atoms with Gasteiger partial charge < -0.3 is 9.84 Å². The van der Waals surface area contributed by atoms with Crippen LogP contribution in [0.5, 0.6) is 0 Å². The van der Waals surface area contributed by atoms with Gasteiger partial charge in [-0.1, -0.05) is 6.58 Å². The molecule has 0 rings (SSSR count). The van der Waals surface area contributed by atoms with Gasteiger partial charge in [-0.3, -0.25) is 0 Å². The van der Waals surface area contributed by atoms with Crippen molar-refractivity contribution in [3.8, 4) is 0 Å². The lowest BCUT2D eigenvalue weighted by Crippen LogP contribution is -1.88. The van der Waals surface area contributed by atoms with Crippen molar-refractivity contribution in [2.45, 2.75) is 6.42 Å². The molecule has 2 heteroatoms. The van der Waals surface area contributed by atoms with Crippen molar-refractivity contribution in [3.05, 3.63) is 12.3 Å². The molecule has 0 aliphatic heterocycles. The van der Waals surface area contributed by atoms with Crippen LogP contribution in [-0.2, 0) is 4.74 Å². The van der Waals surface area contributed by atoms with Crippen LogP contribution in [0.25, 0.3) is 0 Å². The molecule has 0 aromatic rings. The summed E-state index contributed by atoms with van der Waals surface area (Å²) in [5, 5.41) is 8.41. The lowest BCUT2D eigenvalue weighted by atomic mass is 10.4. The number of rotatable bonds is 3. The van der Waals surface area contributed by atoms with Gasteiger partial charge in [0.1, 0.15) is 0 Å². The molecule has 0 heterocycles. The van der Waals surface area contributed by atoms with Gasteiger partial charge in [0.2, 0.25) is 0 Å². The molecule has 0 unspecified atom stereocenters. The Balaban J connectivity index is 2.82. The molecule has 1 N–H and O–H groups in total. The maximum atomic E-state index is 8.41. The van der Waals surface area contributed by atoms with Crippen molar-refractivity contribution >= 4 is 0 Å². The summed E-state index contributed by atoms with van der Waals surface area (Å²) in [6.07, 6.45) is 0.538. The Kier molecular flexibility index (Phi) is 3.42. The van der Waals surface area contributed by atoms with Crippen LogP contribution in [0.15, 0.2) is 12.3 Å². The van der Waals surface area contributed by atoms with Gasteiger partial charge in [0, 0.05) is 13.5 Å². The molecule has 0 spiro atoms. The third kappa shape index (κ3) is 5.50. The Hall–Kier alpha value is -0.500. The number of aliphatic hydroxyl groups is 1. The van der Waals surface area contributed by atoms with Crippen LogP contribution < -0.4 is 0 Å². The quantitative estimate of drug-likeness (QED) is 0.540. The highest BCUT2D eigenvalue weighted by molar-refractivity contribution is 4.77. The molecule has 0 aromatic heterocycles. The predicted octanol–water partition coefficient (Wildman–Crippen LogP) is 1.09. The molecule has 2 nitrogen and oxygen atoms in total. The highest BCUT2D eigenvalue weighted by Gasteiger charge is 1.83. The minimum absolute atomic E-state index is 0.182. The first-order chi connectivity index (χ1) is 3.27. The smallest absolute Gasteiger partial charge is 0.0874 e. The molecule has 0 saturated heterocycles. The number of ether oxygens (including phenoxy) is 1. The molecule has 0 fully saturated rings. The molecule has 0 saturated carbocycles. The van der Waals surface area contributed by atoms with E-state index in [9.17, 15) is 0 Å².